The van der Waals surface area contributed by atoms with Gasteiger partial charge in [0.05, 0.1) is 0 Å². The summed E-state index contributed by atoms with van der Waals surface area (Å²) >= 11 is 0. The molecular weight excluding hydrogens is 284 g/mol. The normalized spacial score (nSPS) is 13.2. The Kier molecular flexibility index (Phi) is 8.27. The molecule has 130 valence electrons. The molecule has 0 fully saturated rings. The van der Waals surface area contributed by atoms with Gasteiger partial charge in [0.15, 0.2) is 0 Å². The second-order valence-corrected chi connectivity index (χ2v) is 7.32. The smallest absolute Gasteiger partial charge is 0.407 e. The Morgan fingerprint density at radius 3 is 1.91 bits per heavy atom. The van der Waals surface area contributed by atoms with Gasteiger partial charge >= 0.3 is 12.2 Å². The molecule has 0 aliphatic rings. The average molecular weight is 316 g/mol. The first-order chi connectivity index (χ1) is 9.93. The van der Waals surface area contributed by atoms with Crippen LogP contribution in [0.25, 0.3) is 0 Å². The molecular formula is C16H32N2O4. The SMILES string of the molecule is CC[C@H](CCCNC(=O)OC(C)(C)C)NC(=O)OC(C)(C)C. The van der Waals surface area contributed by atoms with Crippen molar-refractivity contribution in [1.29, 1.82) is 0 Å². The Hall–Kier alpha value is -1.46. The molecule has 0 rings (SSSR count). The van der Waals surface area contributed by atoms with Gasteiger partial charge in [-0.3, -0.25) is 0 Å². The third-order valence-corrected chi connectivity index (χ3v) is 2.61. The molecule has 0 radical (unpaired) electrons. The molecule has 6 heteroatoms. The van der Waals surface area contributed by atoms with Gasteiger partial charge in [-0.15, -0.1) is 0 Å². The van der Waals surface area contributed by atoms with Crippen LogP contribution in [0.3, 0.4) is 0 Å². The number of rotatable bonds is 6. The van der Waals surface area contributed by atoms with Crippen molar-refractivity contribution in [3.05, 3.63) is 0 Å². The van der Waals surface area contributed by atoms with Crippen LogP contribution in [0.1, 0.15) is 67.7 Å². The first-order valence-corrected chi connectivity index (χ1v) is 7.89. The lowest BCUT2D eigenvalue weighted by Crippen LogP contribution is -2.39. The lowest BCUT2D eigenvalue weighted by atomic mass is 10.1. The van der Waals surface area contributed by atoms with Crippen LogP contribution in [0.15, 0.2) is 0 Å². The van der Waals surface area contributed by atoms with Gasteiger partial charge in [0.1, 0.15) is 11.2 Å². The number of ether oxygens (including phenoxy) is 2. The summed E-state index contributed by atoms with van der Waals surface area (Å²) in [5.74, 6) is 0. The molecule has 0 aliphatic heterocycles. The summed E-state index contributed by atoms with van der Waals surface area (Å²) in [6.45, 7) is 13.5. The van der Waals surface area contributed by atoms with Crippen LogP contribution in [-0.2, 0) is 9.47 Å². The maximum atomic E-state index is 11.7. The van der Waals surface area contributed by atoms with Crippen molar-refractivity contribution in [3.8, 4) is 0 Å². The van der Waals surface area contributed by atoms with Crippen LogP contribution < -0.4 is 10.6 Å². The fourth-order valence-electron chi connectivity index (χ4n) is 1.71. The summed E-state index contributed by atoms with van der Waals surface area (Å²) in [7, 11) is 0. The largest absolute Gasteiger partial charge is 0.444 e. The van der Waals surface area contributed by atoms with Crippen molar-refractivity contribution >= 4 is 12.2 Å². The Morgan fingerprint density at radius 1 is 0.955 bits per heavy atom. The van der Waals surface area contributed by atoms with Gasteiger partial charge < -0.3 is 20.1 Å². The standard InChI is InChI=1S/C16H32N2O4/c1-8-12(18-14(20)22-16(5,6)7)10-9-11-17-13(19)21-15(2,3)4/h12H,8-11H2,1-7H3,(H,17,19)(H,18,20)/t12-/m1/s1. The lowest BCUT2D eigenvalue weighted by molar-refractivity contribution is 0.0487. The predicted octanol–water partition coefficient (Wildman–Crippen LogP) is 3.59. The van der Waals surface area contributed by atoms with E-state index in [2.05, 4.69) is 10.6 Å². The van der Waals surface area contributed by atoms with Crippen LogP contribution >= 0.6 is 0 Å². The van der Waals surface area contributed by atoms with Gasteiger partial charge in [-0.25, -0.2) is 9.59 Å². The third-order valence-electron chi connectivity index (χ3n) is 2.61. The maximum Gasteiger partial charge on any atom is 0.407 e. The molecule has 6 nitrogen and oxygen atoms in total. The first kappa shape index (κ1) is 20.5. The van der Waals surface area contributed by atoms with Crippen LogP contribution in [0.4, 0.5) is 9.59 Å². The molecule has 0 spiro atoms. The molecule has 0 unspecified atom stereocenters. The first-order valence-electron chi connectivity index (χ1n) is 7.89. The van der Waals surface area contributed by atoms with Crippen molar-refractivity contribution in [1.82, 2.24) is 10.6 Å². The summed E-state index contributed by atoms with van der Waals surface area (Å²) in [4.78, 5) is 23.2. The summed E-state index contributed by atoms with van der Waals surface area (Å²) in [5.41, 5.74) is -0.991. The zero-order valence-corrected chi connectivity index (χ0v) is 15.0. The topological polar surface area (TPSA) is 76.7 Å². The number of amides is 2. The van der Waals surface area contributed by atoms with E-state index in [9.17, 15) is 9.59 Å². The molecule has 22 heavy (non-hydrogen) atoms. The molecule has 0 aromatic carbocycles. The zero-order valence-electron chi connectivity index (χ0n) is 15.0. The Morgan fingerprint density at radius 2 is 1.45 bits per heavy atom. The number of hydrogen-bond donors (Lipinski definition) is 2. The number of carbonyl (C=O) groups excluding carboxylic acids is 2. The molecule has 2 N–H and O–H groups in total. The van der Waals surface area contributed by atoms with E-state index in [-0.39, 0.29) is 6.04 Å². The van der Waals surface area contributed by atoms with Crippen molar-refractivity contribution in [2.45, 2.75) is 85.0 Å². The predicted molar refractivity (Wildman–Crippen MR) is 86.9 cm³/mol. The molecule has 0 bridgehead atoms. The number of nitrogens with one attached hydrogen (secondary N) is 2. The van der Waals surface area contributed by atoms with E-state index in [0.29, 0.717) is 6.54 Å². The van der Waals surface area contributed by atoms with E-state index in [1.807, 2.05) is 48.5 Å². The van der Waals surface area contributed by atoms with E-state index < -0.39 is 23.4 Å². The average Bonchev–Trinajstić information content (AvgIpc) is 2.28. The van der Waals surface area contributed by atoms with Crippen molar-refractivity contribution in [3.63, 3.8) is 0 Å². The highest BCUT2D eigenvalue weighted by molar-refractivity contribution is 5.68. The van der Waals surface area contributed by atoms with E-state index in [1.54, 1.807) is 0 Å². The van der Waals surface area contributed by atoms with Gasteiger partial charge in [0.25, 0.3) is 0 Å². The lowest BCUT2D eigenvalue weighted by Gasteiger charge is -2.23. The molecule has 0 saturated carbocycles. The minimum Gasteiger partial charge on any atom is -0.444 e. The van der Waals surface area contributed by atoms with E-state index in [1.165, 1.54) is 0 Å². The van der Waals surface area contributed by atoms with E-state index >= 15 is 0 Å². The van der Waals surface area contributed by atoms with Gasteiger partial charge in [0, 0.05) is 12.6 Å². The number of carbonyl (C=O) groups is 2. The van der Waals surface area contributed by atoms with Gasteiger partial charge in [-0.05, 0) is 60.8 Å². The number of alkyl carbamates (subject to hydrolysis) is 2. The monoisotopic (exact) mass is 316 g/mol. The maximum absolute atomic E-state index is 11.7. The Balaban J connectivity index is 3.96. The van der Waals surface area contributed by atoms with Gasteiger partial charge in [-0.2, -0.15) is 0 Å². The summed E-state index contributed by atoms with van der Waals surface area (Å²) in [6, 6.07) is 0.0373. The summed E-state index contributed by atoms with van der Waals surface area (Å²) in [6.07, 6.45) is 1.52. The van der Waals surface area contributed by atoms with Gasteiger partial charge in [-0.1, -0.05) is 6.92 Å². The van der Waals surface area contributed by atoms with Crippen LogP contribution in [0.2, 0.25) is 0 Å². The van der Waals surface area contributed by atoms with Crippen LogP contribution in [0.5, 0.6) is 0 Å². The quantitative estimate of drug-likeness (QED) is 0.734. The minimum atomic E-state index is -0.499. The summed E-state index contributed by atoms with van der Waals surface area (Å²) < 4.78 is 10.4. The third kappa shape index (κ3) is 12.3. The van der Waals surface area contributed by atoms with Gasteiger partial charge in [0.2, 0.25) is 0 Å². The minimum absolute atomic E-state index is 0.0373. The Labute approximate surface area is 134 Å². The molecule has 0 heterocycles. The molecule has 0 saturated heterocycles. The van der Waals surface area contributed by atoms with Crippen molar-refractivity contribution < 1.29 is 19.1 Å². The second kappa shape index (κ2) is 8.86. The highest BCUT2D eigenvalue weighted by Gasteiger charge is 2.19. The van der Waals surface area contributed by atoms with E-state index in [4.69, 9.17) is 9.47 Å². The molecule has 0 aromatic heterocycles. The van der Waals surface area contributed by atoms with Crippen molar-refractivity contribution in [2.75, 3.05) is 6.54 Å². The molecule has 1 atom stereocenters. The molecule has 2 amide bonds. The Bertz CT molecular complexity index is 356. The van der Waals surface area contributed by atoms with Crippen LogP contribution in [0, 0.1) is 0 Å². The second-order valence-electron chi connectivity index (χ2n) is 7.32. The highest BCUT2D eigenvalue weighted by atomic mass is 16.6. The summed E-state index contributed by atoms with van der Waals surface area (Å²) in [5, 5.41) is 5.55. The fraction of sp³-hybridized carbons (Fsp3) is 0.875. The van der Waals surface area contributed by atoms with Crippen molar-refractivity contribution in [2.24, 2.45) is 0 Å². The fourth-order valence-corrected chi connectivity index (χ4v) is 1.71. The molecule has 0 aliphatic carbocycles. The highest BCUT2D eigenvalue weighted by Crippen LogP contribution is 2.09. The van der Waals surface area contributed by atoms with Crippen LogP contribution in [-0.4, -0.2) is 36.0 Å². The van der Waals surface area contributed by atoms with E-state index in [0.717, 1.165) is 19.3 Å². The number of hydrogen-bond acceptors (Lipinski definition) is 4. The molecule has 0 aromatic rings. The zero-order chi connectivity index (χ0) is 17.4.